The summed E-state index contributed by atoms with van der Waals surface area (Å²) in [4.78, 5) is 14.0. The summed E-state index contributed by atoms with van der Waals surface area (Å²) in [6.45, 7) is 0. The fourth-order valence-corrected chi connectivity index (χ4v) is 6.76. The predicted octanol–water partition coefficient (Wildman–Crippen LogP) is 2.90. The number of hydrogen-bond donors (Lipinski definition) is 1. The first-order chi connectivity index (χ1) is 11.0. The van der Waals surface area contributed by atoms with Crippen LogP contribution in [0.3, 0.4) is 0 Å². The normalized spacial score (nSPS) is 35.0. The Morgan fingerprint density at radius 3 is 2.00 bits per heavy atom. The van der Waals surface area contributed by atoms with E-state index in [0.717, 1.165) is 19.3 Å². The Morgan fingerprint density at radius 1 is 1.00 bits per heavy atom. The van der Waals surface area contributed by atoms with Crippen LogP contribution in [0, 0.1) is 17.8 Å². The number of carbonyl (C=O) groups excluding carboxylic acids is 1. The van der Waals surface area contributed by atoms with Crippen LogP contribution in [0.4, 0.5) is 5.69 Å². The first kappa shape index (κ1) is 15.1. The molecule has 1 aromatic carbocycles. The van der Waals surface area contributed by atoms with E-state index in [1.165, 1.54) is 49.6 Å². The molecule has 6 heteroatoms. The summed E-state index contributed by atoms with van der Waals surface area (Å²) in [6.07, 6.45) is 8.22. The predicted molar refractivity (Wildman–Crippen MR) is 85.4 cm³/mol. The highest BCUT2D eigenvalue weighted by Gasteiger charge is 2.52. The minimum absolute atomic E-state index is 0.234. The summed E-state index contributed by atoms with van der Waals surface area (Å²) in [5.41, 5.74) is 0.168. The van der Waals surface area contributed by atoms with Crippen molar-refractivity contribution in [3.63, 3.8) is 0 Å². The van der Waals surface area contributed by atoms with Crippen molar-refractivity contribution >= 4 is 21.8 Å². The Balaban J connectivity index is 1.58. The van der Waals surface area contributed by atoms with Crippen molar-refractivity contribution in [2.75, 3.05) is 0 Å². The van der Waals surface area contributed by atoms with Gasteiger partial charge in [0.25, 0.3) is 0 Å². The van der Waals surface area contributed by atoms with Gasteiger partial charge in [0, 0.05) is 5.54 Å². The van der Waals surface area contributed by atoms with Gasteiger partial charge in [0.2, 0.25) is 16.1 Å². The molecule has 4 saturated carbocycles. The van der Waals surface area contributed by atoms with E-state index in [2.05, 4.69) is 9.71 Å². The average Bonchev–Trinajstić information content (AvgIpc) is 2.45. The molecule has 0 saturated heterocycles. The van der Waals surface area contributed by atoms with E-state index in [-0.39, 0.29) is 10.4 Å². The molecule has 122 valence electrons. The minimum atomic E-state index is -3.54. The van der Waals surface area contributed by atoms with Crippen molar-refractivity contribution in [3.05, 3.63) is 24.3 Å². The first-order valence-electron chi connectivity index (χ1n) is 8.20. The van der Waals surface area contributed by atoms with Crippen LogP contribution < -0.4 is 4.72 Å². The zero-order valence-corrected chi connectivity index (χ0v) is 13.7. The van der Waals surface area contributed by atoms with Crippen LogP contribution in [-0.4, -0.2) is 20.0 Å². The summed E-state index contributed by atoms with van der Waals surface area (Å²) < 4.78 is 28.6. The molecule has 0 aromatic heterocycles. The van der Waals surface area contributed by atoms with E-state index >= 15 is 0 Å². The lowest BCUT2D eigenvalue weighted by atomic mass is 9.53. The molecule has 4 aliphatic rings. The van der Waals surface area contributed by atoms with Crippen LogP contribution in [0.15, 0.2) is 34.2 Å². The van der Waals surface area contributed by atoms with E-state index < -0.39 is 10.0 Å². The molecular weight excluding hydrogens is 312 g/mol. The van der Waals surface area contributed by atoms with Crippen molar-refractivity contribution in [2.24, 2.45) is 22.7 Å². The average molecular weight is 332 g/mol. The van der Waals surface area contributed by atoms with E-state index in [1.54, 1.807) is 0 Å². The quantitative estimate of drug-likeness (QED) is 0.680. The van der Waals surface area contributed by atoms with Gasteiger partial charge in [0.05, 0.1) is 10.6 Å². The van der Waals surface area contributed by atoms with E-state index in [1.807, 2.05) is 0 Å². The molecule has 0 spiro atoms. The van der Waals surface area contributed by atoms with E-state index in [0.29, 0.717) is 23.4 Å². The zero-order valence-electron chi connectivity index (χ0n) is 12.9. The van der Waals surface area contributed by atoms with Gasteiger partial charge in [0.15, 0.2) is 0 Å². The minimum Gasteiger partial charge on any atom is -0.211 e. The second-order valence-electron chi connectivity index (χ2n) is 7.50. The number of aliphatic imine (C=N–C) groups is 1. The highest BCUT2D eigenvalue weighted by Crippen LogP contribution is 2.55. The van der Waals surface area contributed by atoms with Crippen LogP contribution in [0.25, 0.3) is 0 Å². The third-order valence-corrected chi connectivity index (χ3v) is 7.31. The first-order valence-corrected chi connectivity index (χ1v) is 9.68. The molecule has 4 fully saturated rings. The number of nitrogens with zero attached hydrogens (tertiary/aromatic N) is 1. The largest absolute Gasteiger partial charge is 0.241 e. The van der Waals surface area contributed by atoms with Gasteiger partial charge in [0.1, 0.15) is 0 Å². The highest BCUT2D eigenvalue weighted by molar-refractivity contribution is 7.89. The summed E-state index contributed by atoms with van der Waals surface area (Å²) in [7, 11) is -3.54. The van der Waals surface area contributed by atoms with Gasteiger partial charge in [-0.3, -0.25) is 0 Å². The Hall–Kier alpha value is -1.49. The van der Waals surface area contributed by atoms with Crippen molar-refractivity contribution in [1.82, 2.24) is 4.72 Å². The monoisotopic (exact) mass is 332 g/mol. The van der Waals surface area contributed by atoms with Crippen molar-refractivity contribution in [1.29, 1.82) is 0 Å². The lowest BCUT2D eigenvalue weighted by molar-refractivity contribution is -0.00810. The fraction of sp³-hybridized carbons (Fsp3) is 0.588. The van der Waals surface area contributed by atoms with Crippen LogP contribution in [0.2, 0.25) is 0 Å². The molecular formula is C17H20N2O3S. The molecule has 0 unspecified atom stereocenters. The number of rotatable bonds is 4. The molecule has 5 nitrogen and oxygen atoms in total. The topological polar surface area (TPSA) is 75.6 Å². The van der Waals surface area contributed by atoms with E-state index in [4.69, 9.17) is 0 Å². The molecule has 4 bridgehead atoms. The maximum Gasteiger partial charge on any atom is 0.241 e. The van der Waals surface area contributed by atoms with Gasteiger partial charge >= 0.3 is 0 Å². The van der Waals surface area contributed by atoms with Gasteiger partial charge in [-0.1, -0.05) is 0 Å². The summed E-state index contributed by atoms with van der Waals surface area (Å²) in [5.74, 6) is 2.06. The van der Waals surface area contributed by atoms with Crippen LogP contribution in [0.5, 0.6) is 0 Å². The van der Waals surface area contributed by atoms with Gasteiger partial charge in [-0.15, -0.1) is 0 Å². The number of sulfonamides is 1. The second-order valence-corrected chi connectivity index (χ2v) is 9.18. The summed E-state index contributed by atoms with van der Waals surface area (Å²) in [6, 6.07) is 6.05. The van der Waals surface area contributed by atoms with Gasteiger partial charge in [-0.25, -0.2) is 17.9 Å². The van der Waals surface area contributed by atoms with Gasteiger partial charge < -0.3 is 0 Å². The third-order valence-electron chi connectivity index (χ3n) is 5.71. The lowest BCUT2D eigenvalue weighted by Crippen LogP contribution is -2.59. The molecule has 1 aromatic rings. The number of isocyanates is 1. The second kappa shape index (κ2) is 5.26. The van der Waals surface area contributed by atoms with Crippen LogP contribution in [-0.2, 0) is 14.8 Å². The van der Waals surface area contributed by atoms with Crippen molar-refractivity contribution in [3.8, 4) is 0 Å². The van der Waals surface area contributed by atoms with Crippen molar-refractivity contribution in [2.45, 2.75) is 49.0 Å². The Kier molecular flexibility index (Phi) is 3.45. The Labute approximate surface area is 136 Å². The Morgan fingerprint density at radius 2 is 1.52 bits per heavy atom. The molecule has 23 heavy (non-hydrogen) atoms. The smallest absolute Gasteiger partial charge is 0.211 e. The molecule has 0 amide bonds. The van der Waals surface area contributed by atoms with Gasteiger partial charge in [-0.2, -0.15) is 4.99 Å². The van der Waals surface area contributed by atoms with Crippen LogP contribution >= 0.6 is 0 Å². The zero-order chi connectivity index (χ0) is 16.1. The maximum absolute atomic E-state index is 12.8. The molecule has 0 radical (unpaired) electrons. The third kappa shape index (κ3) is 2.75. The molecule has 0 heterocycles. The molecule has 4 aliphatic carbocycles. The molecule has 0 atom stereocenters. The number of benzene rings is 1. The molecule has 0 aliphatic heterocycles. The lowest BCUT2D eigenvalue weighted by Gasteiger charge is -2.56. The van der Waals surface area contributed by atoms with Crippen molar-refractivity contribution < 1.29 is 13.2 Å². The number of hydrogen-bond acceptors (Lipinski definition) is 4. The van der Waals surface area contributed by atoms with Gasteiger partial charge in [-0.05, 0) is 80.5 Å². The number of nitrogens with one attached hydrogen (secondary N) is 1. The highest BCUT2D eigenvalue weighted by atomic mass is 32.2. The maximum atomic E-state index is 12.8. The SMILES string of the molecule is O=C=Nc1ccc(S(=O)(=O)NC23CC4CC(CC(C4)C2)C3)cc1. The van der Waals surface area contributed by atoms with Crippen LogP contribution in [0.1, 0.15) is 38.5 Å². The fourth-order valence-electron chi connectivity index (χ4n) is 5.33. The standard InChI is InChI=1S/C17H20N2O3S/c20-11-18-15-1-3-16(4-2-15)23(21,22)19-17-8-12-5-13(9-17)7-14(6-12)10-17/h1-4,12-14,19H,5-10H2. The molecule has 1 N–H and O–H groups in total. The summed E-state index contributed by atoms with van der Waals surface area (Å²) in [5, 5.41) is 0. The molecule has 5 rings (SSSR count). The van der Waals surface area contributed by atoms with E-state index in [9.17, 15) is 13.2 Å². The Bertz CT molecular complexity index is 728. The summed E-state index contributed by atoms with van der Waals surface area (Å²) >= 11 is 0.